The van der Waals surface area contributed by atoms with Crippen molar-refractivity contribution in [2.24, 2.45) is 0 Å². The largest absolute Gasteiger partial charge is 0.358 e. The number of aromatic amines is 1. The molecule has 17 heavy (non-hydrogen) atoms. The van der Waals surface area contributed by atoms with Gasteiger partial charge in [-0.2, -0.15) is 0 Å². The van der Waals surface area contributed by atoms with Gasteiger partial charge in [-0.05, 0) is 36.3 Å². The fourth-order valence-electron chi connectivity index (χ4n) is 3.08. The number of aromatic nitrogens is 1. The summed E-state index contributed by atoms with van der Waals surface area (Å²) in [5.74, 6) is 0.766. The number of fused-ring (bicyclic) bond motifs is 1. The van der Waals surface area contributed by atoms with Crippen molar-refractivity contribution >= 4 is 10.9 Å². The average molecular weight is 227 g/mol. The second-order valence-electron chi connectivity index (χ2n) is 5.35. The molecular weight excluding hydrogens is 206 g/mol. The van der Waals surface area contributed by atoms with E-state index in [2.05, 4.69) is 35.3 Å². The van der Waals surface area contributed by atoms with Crippen molar-refractivity contribution in [3.63, 3.8) is 0 Å². The van der Waals surface area contributed by atoms with Crippen LogP contribution in [0.1, 0.15) is 56.6 Å². The molecule has 1 nitrogen and oxygen atoms in total. The zero-order valence-electron chi connectivity index (χ0n) is 10.4. The molecule has 1 aromatic carbocycles. The smallest absolute Gasteiger partial charge is 0.0456 e. The zero-order chi connectivity index (χ0) is 11.5. The van der Waals surface area contributed by atoms with E-state index >= 15 is 0 Å². The van der Waals surface area contributed by atoms with Gasteiger partial charge in [0.2, 0.25) is 0 Å². The summed E-state index contributed by atoms with van der Waals surface area (Å²) in [6.07, 6.45) is 9.84. The number of H-pyrrole nitrogens is 1. The highest BCUT2D eigenvalue weighted by Gasteiger charge is 2.15. The van der Waals surface area contributed by atoms with Gasteiger partial charge in [-0.25, -0.2) is 0 Å². The van der Waals surface area contributed by atoms with Crippen LogP contribution in [0, 0.1) is 0 Å². The monoisotopic (exact) mass is 227 g/mol. The van der Waals surface area contributed by atoms with Crippen molar-refractivity contribution in [1.29, 1.82) is 0 Å². The molecule has 0 bridgehead atoms. The Labute approximate surface area is 103 Å². The summed E-state index contributed by atoms with van der Waals surface area (Å²) in [6.45, 7) is 0. The number of benzene rings is 1. The van der Waals surface area contributed by atoms with Gasteiger partial charge in [0.1, 0.15) is 0 Å². The summed E-state index contributed by atoms with van der Waals surface area (Å²) in [7, 11) is 0. The Balaban J connectivity index is 1.85. The van der Waals surface area contributed by atoms with Crippen molar-refractivity contribution in [3.8, 4) is 0 Å². The highest BCUT2D eigenvalue weighted by atomic mass is 14.7. The SMILES string of the molecule is c1ccc2[nH]c(C3CCCCCCC3)cc2c1. The van der Waals surface area contributed by atoms with Crippen LogP contribution < -0.4 is 0 Å². The zero-order valence-corrected chi connectivity index (χ0v) is 10.4. The van der Waals surface area contributed by atoms with Crippen molar-refractivity contribution in [2.75, 3.05) is 0 Å². The van der Waals surface area contributed by atoms with Crippen LogP contribution in [0.15, 0.2) is 30.3 Å². The lowest BCUT2D eigenvalue weighted by atomic mass is 9.89. The normalized spacial score (nSPS) is 19.1. The molecule has 1 aromatic heterocycles. The predicted molar refractivity (Wildman–Crippen MR) is 73.4 cm³/mol. The predicted octanol–water partition coefficient (Wildman–Crippen LogP) is 5.00. The molecule has 0 saturated heterocycles. The quantitative estimate of drug-likeness (QED) is 0.706. The Morgan fingerprint density at radius 2 is 1.59 bits per heavy atom. The molecule has 1 N–H and O–H groups in total. The van der Waals surface area contributed by atoms with Crippen molar-refractivity contribution in [3.05, 3.63) is 36.0 Å². The van der Waals surface area contributed by atoms with Crippen LogP contribution in [0.3, 0.4) is 0 Å². The topological polar surface area (TPSA) is 15.8 Å². The van der Waals surface area contributed by atoms with Gasteiger partial charge >= 0.3 is 0 Å². The molecule has 0 atom stereocenters. The summed E-state index contributed by atoms with van der Waals surface area (Å²) in [5, 5.41) is 1.37. The summed E-state index contributed by atoms with van der Waals surface area (Å²) < 4.78 is 0. The van der Waals surface area contributed by atoms with Crippen LogP contribution in [0.25, 0.3) is 10.9 Å². The van der Waals surface area contributed by atoms with Gasteiger partial charge in [-0.15, -0.1) is 0 Å². The lowest BCUT2D eigenvalue weighted by Gasteiger charge is -2.18. The van der Waals surface area contributed by atoms with E-state index in [4.69, 9.17) is 0 Å². The summed E-state index contributed by atoms with van der Waals surface area (Å²) in [6, 6.07) is 11.0. The number of nitrogens with one attached hydrogen (secondary N) is 1. The Morgan fingerprint density at radius 1 is 0.882 bits per heavy atom. The third-order valence-corrected chi connectivity index (χ3v) is 4.10. The minimum atomic E-state index is 0.766. The lowest BCUT2D eigenvalue weighted by Crippen LogP contribution is -2.02. The fraction of sp³-hybridized carbons (Fsp3) is 0.500. The second-order valence-corrected chi connectivity index (χ2v) is 5.35. The maximum Gasteiger partial charge on any atom is 0.0456 e. The van der Waals surface area contributed by atoms with E-state index in [9.17, 15) is 0 Å². The van der Waals surface area contributed by atoms with Gasteiger partial charge in [0.25, 0.3) is 0 Å². The average Bonchev–Trinajstić information content (AvgIpc) is 2.71. The first-order valence-corrected chi connectivity index (χ1v) is 7.01. The molecule has 0 amide bonds. The number of para-hydroxylation sites is 1. The minimum Gasteiger partial charge on any atom is -0.358 e. The van der Waals surface area contributed by atoms with E-state index in [0.29, 0.717) is 0 Å². The highest BCUT2D eigenvalue weighted by molar-refractivity contribution is 5.80. The van der Waals surface area contributed by atoms with Crippen LogP contribution in [-0.4, -0.2) is 4.98 Å². The highest BCUT2D eigenvalue weighted by Crippen LogP contribution is 2.32. The molecular formula is C16H21N. The first kappa shape index (κ1) is 10.9. The molecule has 3 rings (SSSR count). The van der Waals surface area contributed by atoms with Crippen LogP contribution in [0.4, 0.5) is 0 Å². The van der Waals surface area contributed by atoms with Crippen molar-refractivity contribution in [1.82, 2.24) is 4.98 Å². The summed E-state index contributed by atoms with van der Waals surface area (Å²) >= 11 is 0. The van der Waals surface area contributed by atoms with Gasteiger partial charge < -0.3 is 4.98 Å². The Morgan fingerprint density at radius 3 is 2.35 bits per heavy atom. The molecule has 0 unspecified atom stereocenters. The van der Waals surface area contributed by atoms with Crippen LogP contribution >= 0.6 is 0 Å². The molecule has 0 spiro atoms. The fourth-order valence-corrected chi connectivity index (χ4v) is 3.08. The molecule has 2 aromatic rings. The maximum absolute atomic E-state index is 3.61. The molecule has 1 fully saturated rings. The van der Waals surface area contributed by atoms with Crippen molar-refractivity contribution < 1.29 is 0 Å². The third-order valence-electron chi connectivity index (χ3n) is 4.10. The number of rotatable bonds is 1. The van der Waals surface area contributed by atoms with Crippen molar-refractivity contribution in [2.45, 2.75) is 50.9 Å². The second kappa shape index (κ2) is 4.95. The van der Waals surface area contributed by atoms with E-state index in [-0.39, 0.29) is 0 Å². The minimum absolute atomic E-state index is 0.766. The lowest BCUT2D eigenvalue weighted by molar-refractivity contribution is 0.451. The maximum atomic E-state index is 3.61. The molecule has 0 aliphatic heterocycles. The van der Waals surface area contributed by atoms with E-state index < -0.39 is 0 Å². The van der Waals surface area contributed by atoms with E-state index in [1.807, 2.05) is 0 Å². The van der Waals surface area contributed by atoms with Gasteiger partial charge in [-0.1, -0.05) is 50.3 Å². The van der Waals surface area contributed by atoms with Crippen LogP contribution in [0.2, 0.25) is 0 Å². The van der Waals surface area contributed by atoms with Gasteiger partial charge in [0.15, 0.2) is 0 Å². The standard InChI is InChI=1S/C16H21N/c1-2-4-8-13(9-5-3-1)16-12-14-10-6-7-11-15(14)17-16/h6-7,10-13,17H,1-5,8-9H2. The Kier molecular flexibility index (Phi) is 3.17. The molecule has 1 saturated carbocycles. The molecule has 1 aliphatic carbocycles. The number of hydrogen-bond acceptors (Lipinski definition) is 0. The first-order valence-electron chi connectivity index (χ1n) is 7.01. The van der Waals surface area contributed by atoms with E-state index in [1.165, 1.54) is 61.5 Å². The first-order chi connectivity index (χ1) is 8.43. The summed E-state index contributed by atoms with van der Waals surface area (Å²) in [5.41, 5.74) is 2.76. The van der Waals surface area contributed by atoms with Gasteiger partial charge in [0, 0.05) is 11.2 Å². The Hall–Kier alpha value is -1.24. The summed E-state index contributed by atoms with van der Waals surface area (Å²) in [4.78, 5) is 3.61. The molecule has 90 valence electrons. The Bertz CT molecular complexity index is 442. The third kappa shape index (κ3) is 2.38. The van der Waals surface area contributed by atoms with Crippen LogP contribution in [0.5, 0.6) is 0 Å². The molecule has 1 aliphatic rings. The van der Waals surface area contributed by atoms with E-state index in [1.54, 1.807) is 0 Å². The van der Waals surface area contributed by atoms with E-state index in [0.717, 1.165) is 5.92 Å². The van der Waals surface area contributed by atoms with Gasteiger partial charge in [0.05, 0.1) is 0 Å². The molecule has 1 heterocycles. The molecule has 1 heteroatoms. The number of hydrogen-bond donors (Lipinski definition) is 1. The molecule has 0 radical (unpaired) electrons. The van der Waals surface area contributed by atoms with Gasteiger partial charge in [-0.3, -0.25) is 0 Å². The van der Waals surface area contributed by atoms with Crippen LogP contribution in [-0.2, 0) is 0 Å².